The smallest absolute Gasteiger partial charge is 0.309 e. The van der Waals surface area contributed by atoms with E-state index >= 15 is 0 Å². The predicted molar refractivity (Wildman–Crippen MR) is 81.1 cm³/mol. The van der Waals surface area contributed by atoms with Crippen LogP contribution in [0, 0.1) is 16.7 Å². The van der Waals surface area contributed by atoms with Crippen LogP contribution in [0.15, 0.2) is 0 Å². The summed E-state index contributed by atoms with van der Waals surface area (Å²) in [7, 11) is 0. The van der Waals surface area contributed by atoms with Crippen molar-refractivity contribution in [3.63, 3.8) is 0 Å². The Balaban J connectivity index is 1.96. The second-order valence-corrected chi connectivity index (χ2v) is 8.69. The Morgan fingerprint density at radius 3 is 2.53 bits per heavy atom. The molecule has 19 heavy (non-hydrogen) atoms. The number of aliphatic hydroxyl groups is 1. The molecule has 0 aromatic rings. The van der Waals surface area contributed by atoms with E-state index < -0.39 is 11.2 Å². The minimum atomic E-state index is -0.782. The Morgan fingerprint density at radius 1 is 1.26 bits per heavy atom. The molecule has 0 aliphatic heterocycles. The third-order valence-electron chi connectivity index (χ3n) is 5.46. The lowest BCUT2D eigenvalue weighted by molar-refractivity contribution is -0.185. The summed E-state index contributed by atoms with van der Waals surface area (Å²) in [6.45, 7) is 5.97. The highest BCUT2D eigenvalue weighted by Crippen LogP contribution is 2.73. The van der Waals surface area contributed by atoms with Crippen LogP contribution in [0.25, 0.3) is 0 Å². The van der Waals surface area contributed by atoms with Gasteiger partial charge in [-0.3, -0.25) is 4.79 Å². The van der Waals surface area contributed by atoms with Crippen LogP contribution in [0.4, 0.5) is 0 Å². The van der Waals surface area contributed by atoms with Crippen molar-refractivity contribution in [3.05, 3.63) is 0 Å². The summed E-state index contributed by atoms with van der Waals surface area (Å²) < 4.78 is 6.93. The van der Waals surface area contributed by atoms with Gasteiger partial charge in [0.15, 0.2) is 0 Å². The van der Waals surface area contributed by atoms with Gasteiger partial charge in [-0.1, -0.05) is 43.4 Å². The lowest BCUT2D eigenvalue weighted by atomic mass is 9.62. The van der Waals surface area contributed by atoms with Gasteiger partial charge in [-0.2, -0.15) is 0 Å². The third kappa shape index (κ3) is 1.81. The van der Waals surface area contributed by atoms with Crippen LogP contribution in [0.2, 0.25) is 0 Å². The summed E-state index contributed by atoms with van der Waals surface area (Å²) in [5, 5.41) is 11.1. The van der Waals surface area contributed by atoms with Gasteiger partial charge in [0, 0.05) is 4.43 Å². The summed E-state index contributed by atoms with van der Waals surface area (Å²) >= 11 is 2.43. The van der Waals surface area contributed by atoms with E-state index in [1.165, 1.54) is 6.42 Å². The summed E-state index contributed by atoms with van der Waals surface area (Å²) in [5.41, 5.74) is -1.06. The molecule has 4 aliphatic carbocycles. The van der Waals surface area contributed by atoms with Crippen molar-refractivity contribution in [2.45, 2.75) is 64.1 Å². The minimum Gasteiger partial charge on any atom is -0.456 e. The molecule has 4 bridgehead atoms. The van der Waals surface area contributed by atoms with E-state index in [1.54, 1.807) is 0 Å². The second kappa shape index (κ2) is 3.87. The maximum absolute atomic E-state index is 12.1. The fourth-order valence-corrected chi connectivity index (χ4v) is 6.11. The first-order valence-electron chi connectivity index (χ1n) is 7.19. The maximum atomic E-state index is 12.1. The zero-order valence-corrected chi connectivity index (χ0v) is 14.1. The second-order valence-electron chi connectivity index (χ2n) is 7.93. The standard InChI is InChI=1S/C15H23IO3/c1-10(2)11(17)19-15-6-12(3)4-13(8-15,9-16)7-14(15,18)5-12/h10,18H,4-9H2,1-3H3/t12-,13?,14?,15?/m0/s1. The average molecular weight is 378 g/mol. The van der Waals surface area contributed by atoms with Crippen molar-refractivity contribution in [1.29, 1.82) is 0 Å². The predicted octanol–water partition coefficient (Wildman–Crippen LogP) is 3.07. The van der Waals surface area contributed by atoms with Gasteiger partial charge in [0.05, 0.1) is 5.92 Å². The van der Waals surface area contributed by atoms with Gasteiger partial charge < -0.3 is 9.84 Å². The maximum Gasteiger partial charge on any atom is 0.309 e. The van der Waals surface area contributed by atoms with E-state index in [0.717, 1.165) is 30.1 Å². The fourth-order valence-electron chi connectivity index (χ4n) is 5.30. The molecule has 3 nitrogen and oxygen atoms in total. The van der Waals surface area contributed by atoms with Crippen LogP contribution in [-0.4, -0.2) is 26.7 Å². The van der Waals surface area contributed by atoms with Gasteiger partial charge in [-0.15, -0.1) is 0 Å². The Morgan fingerprint density at radius 2 is 1.95 bits per heavy atom. The number of hydrogen-bond donors (Lipinski definition) is 1. The SMILES string of the molecule is CC(C)C(=O)OC12CC3(CI)CC1(O)C[C@](C)(C3)C2. The van der Waals surface area contributed by atoms with E-state index in [0.29, 0.717) is 0 Å². The quantitative estimate of drug-likeness (QED) is 0.467. The lowest BCUT2D eigenvalue weighted by Gasteiger charge is -2.44. The van der Waals surface area contributed by atoms with Crippen molar-refractivity contribution < 1.29 is 14.6 Å². The molecule has 4 aliphatic rings. The molecule has 0 saturated heterocycles. The van der Waals surface area contributed by atoms with E-state index in [9.17, 15) is 9.90 Å². The number of rotatable bonds is 3. The molecule has 0 aromatic carbocycles. The molecule has 4 rings (SSSR count). The van der Waals surface area contributed by atoms with E-state index in [-0.39, 0.29) is 22.7 Å². The Labute approximate surface area is 128 Å². The molecule has 0 spiro atoms. The van der Waals surface area contributed by atoms with Crippen LogP contribution in [0.5, 0.6) is 0 Å². The molecule has 0 aromatic heterocycles. The largest absolute Gasteiger partial charge is 0.456 e. The van der Waals surface area contributed by atoms with Gasteiger partial charge >= 0.3 is 5.97 Å². The zero-order chi connectivity index (χ0) is 14.1. The van der Waals surface area contributed by atoms with Crippen LogP contribution < -0.4 is 0 Å². The number of alkyl halides is 1. The van der Waals surface area contributed by atoms with Gasteiger partial charge in [-0.05, 0) is 42.9 Å². The number of halogens is 1. The Bertz CT molecular complexity index is 437. The van der Waals surface area contributed by atoms with E-state index in [4.69, 9.17) is 4.74 Å². The van der Waals surface area contributed by atoms with Crippen molar-refractivity contribution in [1.82, 2.24) is 0 Å². The normalized spacial score (nSPS) is 51.1. The first-order valence-corrected chi connectivity index (χ1v) is 8.71. The Hall–Kier alpha value is 0.160. The highest BCUT2D eigenvalue weighted by Gasteiger charge is 2.76. The van der Waals surface area contributed by atoms with Crippen LogP contribution in [0.3, 0.4) is 0 Å². The highest BCUT2D eigenvalue weighted by atomic mass is 127. The van der Waals surface area contributed by atoms with Crippen molar-refractivity contribution in [2.24, 2.45) is 16.7 Å². The molecule has 4 saturated carbocycles. The Kier molecular flexibility index (Phi) is 2.88. The molecule has 0 radical (unpaired) electrons. The monoisotopic (exact) mass is 378 g/mol. The number of hydrogen-bond acceptors (Lipinski definition) is 3. The molecule has 0 heterocycles. The van der Waals surface area contributed by atoms with Gasteiger partial charge in [-0.25, -0.2) is 0 Å². The molecular formula is C15H23IO3. The molecule has 4 atom stereocenters. The van der Waals surface area contributed by atoms with Crippen LogP contribution in [0.1, 0.15) is 52.9 Å². The van der Waals surface area contributed by atoms with E-state index in [1.807, 2.05) is 13.8 Å². The molecular weight excluding hydrogens is 355 g/mol. The molecule has 1 N–H and O–H groups in total. The average Bonchev–Trinajstić information content (AvgIpc) is 2.51. The summed E-state index contributed by atoms with van der Waals surface area (Å²) in [5.74, 6) is -0.284. The van der Waals surface area contributed by atoms with Gasteiger partial charge in [0.1, 0.15) is 11.2 Å². The van der Waals surface area contributed by atoms with Crippen molar-refractivity contribution in [2.75, 3.05) is 4.43 Å². The molecule has 0 amide bonds. The first-order chi connectivity index (χ1) is 8.67. The molecule has 4 fully saturated rings. The first kappa shape index (κ1) is 14.1. The van der Waals surface area contributed by atoms with Gasteiger partial charge in [0.25, 0.3) is 0 Å². The molecule has 3 unspecified atom stereocenters. The number of carbonyl (C=O) groups is 1. The number of carbonyl (C=O) groups excluding carboxylic acids is 1. The lowest BCUT2D eigenvalue weighted by Crippen LogP contribution is -2.49. The van der Waals surface area contributed by atoms with Crippen LogP contribution >= 0.6 is 22.6 Å². The van der Waals surface area contributed by atoms with E-state index in [2.05, 4.69) is 29.5 Å². The van der Waals surface area contributed by atoms with Gasteiger partial charge in [0.2, 0.25) is 0 Å². The van der Waals surface area contributed by atoms with Crippen molar-refractivity contribution >= 4 is 28.6 Å². The fraction of sp³-hybridized carbons (Fsp3) is 0.933. The molecule has 108 valence electrons. The van der Waals surface area contributed by atoms with Crippen LogP contribution in [-0.2, 0) is 9.53 Å². The third-order valence-corrected chi connectivity index (χ3v) is 7.08. The highest BCUT2D eigenvalue weighted by molar-refractivity contribution is 14.1. The summed E-state index contributed by atoms with van der Waals surface area (Å²) in [4.78, 5) is 12.1. The number of ether oxygens (including phenoxy) is 1. The number of esters is 1. The molecule has 4 heteroatoms. The summed E-state index contributed by atoms with van der Waals surface area (Å²) in [6, 6.07) is 0. The zero-order valence-electron chi connectivity index (χ0n) is 12.0. The summed E-state index contributed by atoms with van der Waals surface area (Å²) in [6.07, 6.45) is 4.47. The minimum absolute atomic E-state index is 0.125. The van der Waals surface area contributed by atoms with Crippen molar-refractivity contribution in [3.8, 4) is 0 Å². The topological polar surface area (TPSA) is 46.5 Å².